The van der Waals surface area contributed by atoms with Crippen molar-refractivity contribution in [3.05, 3.63) is 63.7 Å². The Bertz CT molecular complexity index is 642. The van der Waals surface area contributed by atoms with Crippen LogP contribution in [0.25, 0.3) is 0 Å². The molecule has 1 atom stereocenters. The summed E-state index contributed by atoms with van der Waals surface area (Å²) in [5, 5.41) is 0.949. The Balaban J connectivity index is 0.00000200. The van der Waals surface area contributed by atoms with Gasteiger partial charge in [-0.2, -0.15) is 0 Å². The minimum atomic E-state index is 0. The van der Waals surface area contributed by atoms with Gasteiger partial charge < -0.3 is 1.43 Å². The molecule has 3 heteroatoms. The van der Waals surface area contributed by atoms with Crippen molar-refractivity contribution in [2.75, 3.05) is 0 Å². The molecule has 0 aromatic heterocycles. The third-order valence-corrected chi connectivity index (χ3v) is 4.30. The van der Waals surface area contributed by atoms with Crippen LogP contribution in [0.15, 0.2) is 30.3 Å². The largest absolute Gasteiger partial charge is 1.00 e. The van der Waals surface area contributed by atoms with E-state index in [-0.39, 0.29) is 26.1 Å². The molecule has 2 rings (SSSR count). The normalized spacial score (nSPS) is 10.1. The molecule has 0 saturated heterocycles. The molecule has 0 aliphatic carbocycles. The van der Waals surface area contributed by atoms with Crippen LogP contribution >= 0.6 is 9.24 Å². The van der Waals surface area contributed by atoms with E-state index in [1.165, 1.54) is 11.1 Å². The molecular formula is C17H20LiOP. The fraction of sp³-hybridized carbons (Fsp3) is 0.235. The zero-order valence-corrected chi connectivity index (χ0v) is 14.0. The molecule has 0 spiro atoms. The fourth-order valence-electron chi connectivity index (χ4n) is 2.40. The van der Waals surface area contributed by atoms with Crippen LogP contribution in [0.2, 0.25) is 0 Å². The number of carbonyl (C=O) groups is 1. The van der Waals surface area contributed by atoms with E-state index in [0.29, 0.717) is 0 Å². The van der Waals surface area contributed by atoms with Crippen molar-refractivity contribution in [3.8, 4) is 0 Å². The molecule has 1 unspecified atom stereocenters. The van der Waals surface area contributed by atoms with Crippen molar-refractivity contribution in [1.29, 1.82) is 0 Å². The SMILES string of the molecule is Cc1cc(C)c(C)c(C(=O)c2ccccc2P)c1C.[H-].[Li+]. The zero-order valence-electron chi connectivity index (χ0n) is 13.9. The van der Waals surface area contributed by atoms with E-state index < -0.39 is 0 Å². The predicted molar refractivity (Wildman–Crippen MR) is 85.7 cm³/mol. The molecular weight excluding hydrogens is 258 g/mol. The van der Waals surface area contributed by atoms with Gasteiger partial charge in [0.2, 0.25) is 0 Å². The van der Waals surface area contributed by atoms with Crippen LogP contribution in [0.3, 0.4) is 0 Å². The summed E-state index contributed by atoms with van der Waals surface area (Å²) in [5.41, 5.74) is 6.14. The van der Waals surface area contributed by atoms with Crippen molar-refractivity contribution in [2.24, 2.45) is 0 Å². The molecule has 0 bridgehead atoms. The standard InChI is InChI=1S/C17H19OP.Li.H/c1-10-9-11(2)13(4)16(12(10)3)17(18)14-7-5-6-8-15(14)19;;/h5-9H,19H2,1-4H3;;/q;+1;-1. The van der Waals surface area contributed by atoms with E-state index in [0.717, 1.165) is 27.6 Å². The van der Waals surface area contributed by atoms with Crippen LogP contribution in [-0.2, 0) is 0 Å². The average Bonchev–Trinajstić information content (AvgIpc) is 2.37. The van der Waals surface area contributed by atoms with Gasteiger partial charge in [-0.25, -0.2) is 0 Å². The number of rotatable bonds is 2. The third-order valence-electron chi connectivity index (χ3n) is 3.80. The van der Waals surface area contributed by atoms with Crippen molar-refractivity contribution in [1.82, 2.24) is 0 Å². The molecule has 0 aliphatic rings. The van der Waals surface area contributed by atoms with E-state index >= 15 is 0 Å². The summed E-state index contributed by atoms with van der Waals surface area (Å²) in [7, 11) is 2.64. The Labute approximate surface area is 137 Å². The summed E-state index contributed by atoms with van der Waals surface area (Å²) >= 11 is 0. The van der Waals surface area contributed by atoms with Gasteiger partial charge in [-0.1, -0.05) is 30.3 Å². The molecule has 2 aromatic carbocycles. The van der Waals surface area contributed by atoms with Crippen LogP contribution < -0.4 is 24.2 Å². The van der Waals surface area contributed by atoms with E-state index in [2.05, 4.69) is 29.2 Å². The molecule has 0 N–H and O–H groups in total. The Morgan fingerprint density at radius 3 is 2.00 bits per heavy atom. The van der Waals surface area contributed by atoms with E-state index in [4.69, 9.17) is 0 Å². The van der Waals surface area contributed by atoms with Crippen molar-refractivity contribution in [3.63, 3.8) is 0 Å². The number of ketones is 1. The summed E-state index contributed by atoms with van der Waals surface area (Å²) in [4.78, 5) is 12.8. The molecule has 0 amide bonds. The second kappa shape index (κ2) is 6.73. The minimum absolute atomic E-state index is 0. The van der Waals surface area contributed by atoms with E-state index in [1.54, 1.807) is 0 Å². The molecule has 0 aliphatic heterocycles. The minimum Gasteiger partial charge on any atom is -1.00 e. The molecule has 0 radical (unpaired) electrons. The van der Waals surface area contributed by atoms with E-state index in [9.17, 15) is 4.79 Å². The van der Waals surface area contributed by atoms with Crippen LogP contribution in [0.4, 0.5) is 0 Å². The molecule has 100 valence electrons. The Hall–Kier alpha value is -0.863. The maximum absolute atomic E-state index is 12.8. The van der Waals surface area contributed by atoms with Crippen molar-refractivity contribution in [2.45, 2.75) is 27.7 Å². The first-order valence-corrected chi connectivity index (χ1v) is 6.97. The first kappa shape index (κ1) is 17.2. The Morgan fingerprint density at radius 2 is 1.50 bits per heavy atom. The topological polar surface area (TPSA) is 17.1 Å². The molecule has 2 aromatic rings. The van der Waals surface area contributed by atoms with Gasteiger partial charge in [-0.3, -0.25) is 4.79 Å². The zero-order chi connectivity index (χ0) is 14.2. The van der Waals surface area contributed by atoms with E-state index in [1.807, 2.05) is 38.1 Å². The smallest absolute Gasteiger partial charge is 1.00 e. The summed E-state index contributed by atoms with van der Waals surface area (Å²) in [6, 6.07) is 9.84. The van der Waals surface area contributed by atoms with Gasteiger partial charge in [0.25, 0.3) is 0 Å². The Morgan fingerprint density at radius 1 is 1.00 bits per heavy atom. The third kappa shape index (κ3) is 3.07. The predicted octanol–water partition coefficient (Wildman–Crippen LogP) is 0.768. The molecule has 0 saturated carbocycles. The second-order valence-corrected chi connectivity index (χ2v) is 5.67. The number of carbonyl (C=O) groups excluding carboxylic acids is 1. The van der Waals surface area contributed by atoms with Gasteiger partial charge in [0.05, 0.1) is 0 Å². The number of hydrogen-bond donors (Lipinski definition) is 0. The summed E-state index contributed by atoms with van der Waals surface area (Å²) < 4.78 is 0. The maximum atomic E-state index is 12.8. The number of benzene rings is 2. The molecule has 0 fully saturated rings. The number of aryl methyl sites for hydroxylation is 2. The second-order valence-electron chi connectivity index (χ2n) is 5.05. The quantitative estimate of drug-likeness (QED) is 0.450. The van der Waals surface area contributed by atoms with Crippen LogP contribution in [-0.4, -0.2) is 5.78 Å². The molecule has 0 heterocycles. The average molecular weight is 278 g/mol. The van der Waals surface area contributed by atoms with Crippen LogP contribution in [0, 0.1) is 27.7 Å². The Kier molecular flexibility index (Phi) is 5.78. The summed E-state index contributed by atoms with van der Waals surface area (Å²) in [6.07, 6.45) is 0. The van der Waals surface area contributed by atoms with Crippen molar-refractivity contribution < 1.29 is 25.1 Å². The van der Waals surface area contributed by atoms with Gasteiger partial charge >= 0.3 is 18.9 Å². The molecule has 20 heavy (non-hydrogen) atoms. The van der Waals surface area contributed by atoms with Crippen LogP contribution in [0.5, 0.6) is 0 Å². The van der Waals surface area contributed by atoms with Crippen LogP contribution in [0.1, 0.15) is 39.6 Å². The fourth-order valence-corrected chi connectivity index (χ4v) is 2.73. The van der Waals surface area contributed by atoms with Crippen molar-refractivity contribution >= 4 is 20.3 Å². The summed E-state index contributed by atoms with van der Waals surface area (Å²) in [5.74, 6) is 0.118. The van der Waals surface area contributed by atoms with Gasteiger partial charge in [0.1, 0.15) is 0 Å². The monoisotopic (exact) mass is 278 g/mol. The van der Waals surface area contributed by atoms with Gasteiger partial charge in [0, 0.05) is 11.1 Å². The summed E-state index contributed by atoms with van der Waals surface area (Å²) in [6.45, 7) is 8.18. The number of hydrogen-bond acceptors (Lipinski definition) is 1. The van der Waals surface area contributed by atoms with Gasteiger partial charge in [-0.05, 0) is 55.3 Å². The molecule has 1 nitrogen and oxygen atoms in total. The van der Waals surface area contributed by atoms with Gasteiger partial charge in [0.15, 0.2) is 5.78 Å². The first-order chi connectivity index (χ1) is 8.93. The maximum Gasteiger partial charge on any atom is 1.00 e. The first-order valence-electron chi connectivity index (χ1n) is 6.40. The van der Waals surface area contributed by atoms with Gasteiger partial charge in [-0.15, -0.1) is 9.24 Å².